The van der Waals surface area contributed by atoms with Crippen LogP contribution in [0.3, 0.4) is 0 Å². The number of nitriles is 1. The van der Waals surface area contributed by atoms with Crippen molar-refractivity contribution in [2.45, 2.75) is 0 Å². The van der Waals surface area contributed by atoms with Gasteiger partial charge in [0.2, 0.25) is 10.6 Å². The number of thiocarbonyl (C=S) groups is 1. The second kappa shape index (κ2) is 3.71. The predicted octanol–water partition coefficient (Wildman–Crippen LogP) is 0.309. The molecule has 0 saturated heterocycles. The molecule has 0 saturated carbocycles. The fourth-order valence-electron chi connectivity index (χ4n) is 0.0651. The van der Waals surface area contributed by atoms with Gasteiger partial charge >= 0.3 is 0 Å². The summed E-state index contributed by atoms with van der Waals surface area (Å²) in [7, 11) is 0. The molecule has 7 heavy (non-hydrogen) atoms. The standard InChI is InChI=1S/C2H2N2OS2/c3-1-4-7-2(5)6/h7H,(H,5,6). The Bertz CT molecular complexity index is 135. The van der Waals surface area contributed by atoms with Crippen LogP contribution in [0.5, 0.6) is 0 Å². The lowest BCUT2D eigenvalue weighted by molar-refractivity contribution is 0.586. The smallest absolute Gasteiger partial charge is 0.226 e. The van der Waals surface area contributed by atoms with Gasteiger partial charge in [0.15, 0.2) is 0 Å². The van der Waals surface area contributed by atoms with Gasteiger partial charge in [-0.05, 0) is 23.8 Å². The molecule has 0 aromatic rings. The quantitative estimate of drug-likeness (QED) is 0.285. The minimum absolute atomic E-state index is 0.161. The first-order valence-electron chi connectivity index (χ1n) is 1.30. The molecule has 0 rings (SSSR count). The molecule has 38 valence electrons. The summed E-state index contributed by atoms with van der Waals surface area (Å²) >= 11 is 4.32. The zero-order valence-corrected chi connectivity index (χ0v) is 4.91. The molecule has 0 radical (unpaired) electrons. The van der Waals surface area contributed by atoms with Gasteiger partial charge in [0.05, 0.1) is 0 Å². The second-order valence-electron chi connectivity index (χ2n) is 0.583. The van der Waals surface area contributed by atoms with Gasteiger partial charge in [-0.25, -0.2) is 0 Å². The summed E-state index contributed by atoms with van der Waals surface area (Å²) in [6.07, 6.45) is 1.46. The predicted molar refractivity (Wildman–Crippen MR) is 32.0 cm³/mol. The van der Waals surface area contributed by atoms with Gasteiger partial charge in [-0.1, -0.05) is 0 Å². The third-order valence-corrected chi connectivity index (χ3v) is 0.786. The zero-order chi connectivity index (χ0) is 5.70. The molecular weight excluding hydrogens is 132 g/mol. The summed E-state index contributed by atoms with van der Waals surface area (Å²) < 4.78 is 2.78. The molecule has 1 N–H and O–H groups in total. The van der Waals surface area contributed by atoms with Crippen molar-refractivity contribution in [2.24, 2.45) is 4.36 Å². The van der Waals surface area contributed by atoms with E-state index in [0.717, 1.165) is 0 Å². The van der Waals surface area contributed by atoms with Crippen LogP contribution in [0, 0.1) is 11.5 Å². The Morgan fingerprint density at radius 2 is 2.57 bits per heavy atom. The van der Waals surface area contributed by atoms with E-state index >= 15 is 0 Å². The van der Waals surface area contributed by atoms with Gasteiger partial charge in [0, 0.05) is 0 Å². The number of aliphatic hydroxyl groups excluding tert-OH is 1. The summed E-state index contributed by atoms with van der Waals surface area (Å²) in [5.74, 6) is 0. The van der Waals surface area contributed by atoms with Crippen LogP contribution in [0.4, 0.5) is 0 Å². The maximum Gasteiger partial charge on any atom is 0.226 e. The van der Waals surface area contributed by atoms with Crippen molar-refractivity contribution in [1.29, 1.82) is 5.26 Å². The van der Waals surface area contributed by atoms with Crippen LogP contribution in [-0.4, -0.2) is 9.49 Å². The fraction of sp³-hybridized carbons (Fsp3) is 0. The maximum atomic E-state index is 8.16. The summed E-state index contributed by atoms with van der Waals surface area (Å²) in [5, 5.41) is 15.9. The van der Waals surface area contributed by atoms with Crippen LogP contribution in [0.15, 0.2) is 4.36 Å². The van der Waals surface area contributed by atoms with Gasteiger partial charge < -0.3 is 5.11 Å². The van der Waals surface area contributed by atoms with Crippen molar-refractivity contribution >= 4 is 28.2 Å². The van der Waals surface area contributed by atoms with Crippen LogP contribution < -0.4 is 0 Å². The number of nitrogens with zero attached hydrogens (tertiary/aromatic N) is 2. The Balaban J connectivity index is 3.53. The maximum absolute atomic E-state index is 8.16. The van der Waals surface area contributed by atoms with Crippen molar-refractivity contribution in [3.8, 4) is 6.19 Å². The van der Waals surface area contributed by atoms with E-state index in [4.69, 9.17) is 10.4 Å². The largest absolute Gasteiger partial charge is 0.494 e. The Labute approximate surface area is 49.7 Å². The number of thiol groups is 1. The molecule has 0 atom stereocenters. The van der Waals surface area contributed by atoms with Gasteiger partial charge in [0.25, 0.3) is 0 Å². The van der Waals surface area contributed by atoms with Crippen LogP contribution >= 0.6 is 12.2 Å². The number of hydrogen-bond acceptors (Lipinski definition) is 3. The molecule has 0 amide bonds. The molecule has 0 bridgehead atoms. The molecule has 0 aromatic carbocycles. The van der Waals surface area contributed by atoms with Crippen molar-refractivity contribution < 1.29 is 5.11 Å². The lowest BCUT2D eigenvalue weighted by atomic mass is 11.5. The van der Waals surface area contributed by atoms with Gasteiger partial charge in [-0.3, -0.25) is 0 Å². The number of rotatable bonds is 0. The fourth-order valence-corrected chi connectivity index (χ4v) is 0.318. The Kier molecular flexibility index (Phi) is 3.46. The normalized spacial score (nSPS) is 9.57. The third kappa shape index (κ3) is 5.53. The van der Waals surface area contributed by atoms with Crippen LogP contribution in [0.1, 0.15) is 0 Å². The Morgan fingerprint density at radius 1 is 2.00 bits per heavy atom. The molecular formula is C2H2N2OS2. The topological polar surface area (TPSA) is 56.4 Å². The third-order valence-electron chi connectivity index (χ3n) is 0.180. The van der Waals surface area contributed by atoms with E-state index in [1.807, 2.05) is 0 Å². The first-order valence-corrected chi connectivity index (χ1v) is 2.55. The van der Waals surface area contributed by atoms with E-state index in [2.05, 4.69) is 16.6 Å². The Morgan fingerprint density at radius 3 is 2.71 bits per heavy atom. The molecule has 5 heteroatoms. The molecule has 3 nitrogen and oxygen atoms in total. The van der Waals surface area contributed by atoms with Crippen molar-refractivity contribution in [3.63, 3.8) is 0 Å². The molecule has 0 aliphatic carbocycles. The highest BCUT2D eigenvalue weighted by molar-refractivity contribution is 8.03. The average Bonchev–Trinajstić information content (AvgIpc) is 1.61. The summed E-state index contributed by atoms with van der Waals surface area (Å²) in [5.41, 5.74) is 0. The van der Waals surface area contributed by atoms with E-state index in [1.54, 1.807) is 0 Å². The van der Waals surface area contributed by atoms with E-state index < -0.39 is 0 Å². The first-order chi connectivity index (χ1) is 3.27. The molecule has 0 aliphatic rings. The lowest BCUT2D eigenvalue weighted by Crippen LogP contribution is -1.82. The lowest BCUT2D eigenvalue weighted by Gasteiger charge is -1.72. The minimum Gasteiger partial charge on any atom is -0.494 e. The number of hydrogen-bond donors (Lipinski definition) is 2. The molecule has 0 heterocycles. The highest BCUT2D eigenvalue weighted by Crippen LogP contribution is 1.67. The highest BCUT2D eigenvalue weighted by atomic mass is 32.2. The van der Waals surface area contributed by atoms with Crippen molar-refractivity contribution in [1.82, 2.24) is 0 Å². The SMILES string of the molecule is N#CN=[SH]C(O)=S. The highest BCUT2D eigenvalue weighted by Gasteiger charge is 1.73. The average molecular weight is 134 g/mol. The second-order valence-corrected chi connectivity index (χ2v) is 2.10. The molecule has 0 unspecified atom stereocenters. The molecule has 0 spiro atoms. The monoisotopic (exact) mass is 134 g/mol. The minimum atomic E-state index is -0.276. The van der Waals surface area contributed by atoms with Crippen LogP contribution in [0.25, 0.3) is 0 Å². The van der Waals surface area contributed by atoms with E-state index in [1.165, 1.54) is 6.19 Å². The van der Waals surface area contributed by atoms with E-state index in [9.17, 15) is 0 Å². The zero-order valence-electron chi connectivity index (χ0n) is 3.20. The Hall–Kier alpha value is -0.470. The van der Waals surface area contributed by atoms with Crippen molar-refractivity contribution in [2.75, 3.05) is 0 Å². The van der Waals surface area contributed by atoms with Crippen LogP contribution in [-0.2, 0) is 11.6 Å². The van der Waals surface area contributed by atoms with E-state index in [0.29, 0.717) is 0 Å². The first kappa shape index (κ1) is 6.53. The summed E-state index contributed by atoms with van der Waals surface area (Å²) in [6, 6.07) is 0. The summed E-state index contributed by atoms with van der Waals surface area (Å²) in [4.78, 5) is 0. The molecule has 0 fully saturated rings. The molecule has 0 aliphatic heterocycles. The van der Waals surface area contributed by atoms with Gasteiger partial charge in [-0.2, -0.15) is 5.26 Å². The van der Waals surface area contributed by atoms with E-state index in [-0.39, 0.29) is 15.9 Å². The van der Waals surface area contributed by atoms with Gasteiger partial charge in [-0.15, -0.1) is 4.36 Å². The van der Waals surface area contributed by atoms with Crippen molar-refractivity contribution in [3.05, 3.63) is 0 Å². The summed E-state index contributed by atoms with van der Waals surface area (Å²) in [6.45, 7) is 0. The van der Waals surface area contributed by atoms with Gasteiger partial charge in [0.1, 0.15) is 0 Å². The van der Waals surface area contributed by atoms with Crippen LogP contribution in [0.2, 0.25) is 0 Å². The molecule has 0 aromatic heterocycles. The number of aliphatic hydroxyl groups is 1.